The number of aromatic nitrogens is 3. The molecule has 200 valence electrons. The Morgan fingerprint density at radius 3 is 2.27 bits per heavy atom. The Kier molecular flexibility index (Phi) is 6.76. The first kappa shape index (κ1) is 24.9. The molecular formula is C30H43N5O2. The Bertz CT molecular complexity index is 1130. The minimum Gasteiger partial charge on any atom is -0.352 e. The van der Waals surface area contributed by atoms with Gasteiger partial charge in [0.05, 0.1) is 13.1 Å². The van der Waals surface area contributed by atoms with Crippen LogP contribution in [0.15, 0.2) is 35.1 Å². The highest BCUT2D eigenvalue weighted by Gasteiger charge is 2.53. The summed E-state index contributed by atoms with van der Waals surface area (Å²) in [4.78, 5) is 28.4. The molecule has 4 bridgehead atoms. The van der Waals surface area contributed by atoms with E-state index in [0.29, 0.717) is 25.0 Å². The zero-order valence-electron chi connectivity index (χ0n) is 22.6. The molecule has 4 aliphatic carbocycles. The monoisotopic (exact) mass is 505 g/mol. The molecule has 0 spiro atoms. The molecule has 7 nitrogen and oxygen atoms in total. The molecule has 1 saturated heterocycles. The lowest BCUT2D eigenvalue weighted by Crippen LogP contribution is -2.56. The quantitative estimate of drug-likeness (QED) is 0.588. The number of piperidine rings is 1. The van der Waals surface area contributed by atoms with Crippen LogP contribution in [0, 0.1) is 23.2 Å². The summed E-state index contributed by atoms with van der Waals surface area (Å²) >= 11 is 0. The minimum atomic E-state index is -0.0261. The van der Waals surface area contributed by atoms with Crippen molar-refractivity contribution in [2.45, 2.75) is 90.3 Å². The summed E-state index contributed by atoms with van der Waals surface area (Å²) in [6, 6.07) is 10.3. The van der Waals surface area contributed by atoms with E-state index in [1.807, 2.05) is 41.8 Å². The summed E-state index contributed by atoms with van der Waals surface area (Å²) < 4.78 is 3.45. The number of likely N-dealkylation sites (tertiary alicyclic amines) is 1. The topological polar surface area (TPSA) is 72.2 Å². The van der Waals surface area contributed by atoms with E-state index in [1.165, 1.54) is 38.5 Å². The molecule has 2 heterocycles. The SMILES string of the molecule is CCn1c(C2CCN(CC(=O)NC(C)C34CC5CC(CC(C5)C3)C4)CC2)nn(Cc2ccccc2)c1=O. The normalized spacial score (nSPS) is 30.5. The van der Waals surface area contributed by atoms with Crippen LogP contribution >= 0.6 is 0 Å². The maximum Gasteiger partial charge on any atom is 0.346 e. The Balaban J connectivity index is 1.04. The van der Waals surface area contributed by atoms with E-state index < -0.39 is 0 Å². The molecule has 1 N–H and O–H groups in total. The summed E-state index contributed by atoms with van der Waals surface area (Å²) in [6.07, 6.45) is 10.1. The van der Waals surface area contributed by atoms with Crippen LogP contribution < -0.4 is 11.0 Å². The number of benzene rings is 1. The number of hydrogen-bond donors (Lipinski definition) is 1. The van der Waals surface area contributed by atoms with Crippen molar-refractivity contribution in [2.75, 3.05) is 19.6 Å². The Morgan fingerprint density at radius 1 is 1.05 bits per heavy atom. The molecule has 1 unspecified atom stereocenters. The van der Waals surface area contributed by atoms with Gasteiger partial charge >= 0.3 is 5.69 Å². The van der Waals surface area contributed by atoms with Crippen LogP contribution in [0.2, 0.25) is 0 Å². The second-order valence-electron chi connectivity index (χ2n) is 12.6. The van der Waals surface area contributed by atoms with Gasteiger partial charge in [-0.05, 0) is 107 Å². The van der Waals surface area contributed by atoms with E-state index in [2.05, 4.69) is 17.1 Å². The van der Waals surface area contributed by atoms with Crippen LogP contribution in [0.25, 0.3) is 0 Å². The van der Waals surface area contributed by atoms with E-state index in [4.69, 9.17) is 5.10 Å². The molecule has 2 aromatic rings. The van der Waals surface area contributed by atoms with Crippen molar-refractivity contribution in [1.82, 2.24) is 24.6 Å². The first-order valence-electron chi connectivity index (χ1n) is 14.7. The van der Waals surface area contributed by atoms with Crippen LogP contribution in [-0.2, 0) is 17.9 Å². The van der Waals surface area contributed by atoms with Gasteiger partial charge in [-0.2, -0.15) is 5.10 Å². The third-order valence-electron chi connectivity index (χ3n) is 10.1. The highest BCUT2D eigenvalue weighted by molar-refractivity contribution is 5.78. The van der Waals surface area contributed by atoms with Crippen molar-refractivity contribution in [3.63, 3.8) is 0 Å². The predicted octanol–water partition coefficient (Wildman–Crippen LogP) is 4.01. The van der Waals surface area contributed by atoms with Gasteiger partial charge in [-0.3, -0.25) is 14.3 Å². The zero-order valence-corrected chi connectivity index (χ0v) is 22.6. The number of carbonyl (C=O) groups excluding carboxylic acids is 1. The average molecular weight is 506 g/mol. The van der Waals surface area contributed by atoms with E-state index >= 15 is 0 Å². The molecular weight excluding hydrogens is 462 g/mol. The number of amides is 1. The second-order valence-corrected chi connectivity index (χ2v) is 12.6. The molecule has 5 aliphatic rings. The predicted molar refractivity (Wildman–Crippen MR) is 144 cm³/mol. The maximum atomic E-state index is 13.1. The molecule has 1 aliphatic heterocycles. The van der Waals surface area contributed by atoms with Gasteiger partial charge in [0.1, 0.15) is 5.82 Å². The molecule has 1 aromatic carbocycles. The largest absolute Gasteiger partial charge is 0.352 e. The lowest BCUT2D eigenvalue weighted by atomic mass is 9.48. The van der Waals surface area contributed by atoms with Gasteiger partial charge in [-0.25, -0.2) is 9.48 Å². The van der Waals surface area contributed by atoms with Crippen LogP contribution in [0.1, 0.15) is 82.5 Å². The lowest BCUT2D eigenvalue weighted by Gasteiger charge is -2.59. The van der Waals surface area contributed by atoms with Gasteiger partial charge in [-0.15, -0.1) is 0 Å². The molecule has 4 saturated carbocycles. The van der Waals surface area contributed by atoms with E-state index in [-0.39, 0.29) is 23.6 Å². The van der Waals surface area contributed by atoms with Gasteiger partial charge in [0, 0.05) is 18.5 Å². The fourth-order valence-corrected chi connectivity index (χ4v) is 8.62. The van der Waals surface area contributed by atoms with Gasteiger partial charge in [0.25, 0.3) is 0 Å². The van der Waals surface area contributed by atoms with Crippen molar-refractivity contribution < 1.29 is 4.79 Å². The minimum absolute atomic E-state index is 0.0261. The van der Waals surface area contributed by atoms with Crippen LogP contribution in [0.4, 0.5) is 0 Å². The van der Waals surface area contributed by atoms with Gasteiger partial charge in [0.2, 0.25) is 5.91 Å². The Hall–Kier alpha value is -2.41. The molecule has 7 heteroatoms. The second kappa shape index (κ2) is 10.0. The van der Waals surface area contributed by atoms with Crippen molar-refractivity contribution >= 4 is 5.91 Å². The highest BCUT2D eigenvalue weighted by atomic mass is 16.2. The average Bonchev–Trinajstić information content (AvgIpc) is 3.19. The Labute approximate surface area is 220 Å². The number of hydrogen-bond acceptors (Lipinski definition) is 4. The number of rotatable bonds is 8. The summed E-state index contributed by atoms with van der Waals surface area (Å²) in [7, 11) is 0. The number of nitrogens with zero attached hydrogens (tertiary/aromatic N) is 4. The third kappa shape index (κ3) is 4.91. The summed E-state index contributed by atoms with van der Waals surface area (Å²) in [6.45, 7) is 7.64. The first-order valence-corrected chi connectivity index (χ1v) is 14.7. The van der Waals surface area contributed by atoms with Gasteiger partial charge in [0.15, 0.2) is 0 Å². The van der Waals surface area contributed by atoms with Crippen LogP contribution in [0.3, 0.4) is 0 Å². The van der Waals surface area contributed by atoms with E-state index in [1.54, 1.807) is 4.68 Å². The van der Waals surface area contributed by atoms with Crippen molar-refractivity contribution in [3.8, 4) is 0 Å². The lowest BCUT2D eigenvalue weighted by molar-refractivity contribution is -0.127. The number of carbonyl (C=O) groups is 1. The maximum absolute atomic E-state index is 13.1. The van der Waals surface area contributed by atoms with Crippen LogP contribution in [-0.4, -0.2) is 50.8 Å². The molecule has 7 rings (SSSR count). The highest BCUT2D eigenvalue weighted by Crippen LogP contribution is 2.61. The zero-order chi connectivity index (χ0) is 25.6. The smallest absolute Gasteiger partial charge is 0.346 e. The van der Waals surface area contributed by atoms with Crippen molar-refractivity contribution in [3.05, 3.63) is 52.2 Å². The molecule has 37 heavy (non-hydrogen) atoms. The molecule has 1 amide bonds. The molecule has 5 fully saturated rings. The van der Waals surface area contributed by atoms with Crippen molar-refractivity contribution in [2.24, 2.45) is 23.2 Å². The van der Waals surface area contributed by atoms with Gasteiger partial charge < -0.3 is 5.32 Å². The van der Waals surface area contributed by atoms with E-state index in [0.717, 1.165) is 55.1 Å². The summed E-state index contributed by atoms with van der Waals surface area (Å²) in [5.74, 6) is 4.06. The first-order chi connectivity index (χ1) is 17.9. The molecule has 1 aromatic heterocycles. The number of nitrogens with one attached hydrogen (secondary N) is 1. The molecule has 1 atom stereocenters. The van der Waals surface area contributed by atoms with Crippen molar-refractivity contribution in [1.29, 1.82) is 0 Å². The fourth-order valence-electron chi connectivity index (χ4n) is 8.62. The summed E-state index contributed by atoms with van der Waals surface area (Å²) in [5.41, 5.74) is 1.40. The summed E-state index contributed by atoms with van der Waals surface area (Å²) in [5, 5.41) is 8.22. The van der Waals surface area contributed by atoms with Gasteiger partial charge in [-0.1, -0.05) is 30.3 Å². The Morgan fingerprint density at radius 2 is 1.68 bits per heavy atom. The third-order valence-corrected chi connectivity index (χ3v) is 10.1. The molecule has 0 radical (unpaired) electrons. The standard InChI is InChI=1S/C30H43N5O2/c1-3-34-28(32-35(29(34)37)19-22-7-5-4-6-8-22)26-9-11-33(12-10-26)20-27(36)31-21(2)30-16-23-13-24(17-30)15-25(14-23)18-30/h4-8,21,23-26H,3,9-20H2,1-2H3,(H,31,36). The van der Waals surface area contributed by atoms with E-state index in [9.17, 15) is 9.59 Å². The van der Waals surface area contributed by atoms with Crippen LogP contribution in [0.5, 0.6) is 0 Å². The fraction of sp³-hybridized carbons (Fsp3) is 0.700.